The number of hydrogen-bond acceptors (Lipinski definition) is 1. The van der Waals surface area contributed by atoms with Gasteiger partial charge < -0.3 is 5.73 Å². The van der Waals surface area contributed by atoms with E-state index >= 15 is 0 Å². The first-order chi connectivity index (χ1) is 5.72. The molecule has 0 amide bonds. The van der Waals surface area contributed by atoms with Crippen molar-refractivity contribution in [3.63, 3.8) is 0 Å². The molecule has 0 aromatic rings. The molecule has 2 N–H and O–H groups in total. The zero-order chi connectivity index (χ0) is 8.60. The molecule has 2 bridgehead atoms. The highest BCUT2D eigenvalue weighted by Crippen LogP contribution is 2.50. The van der Waals surface area contributed by atoms with Gasteiger partial charge in [0.25, 0.3) is 0 Å². The lowest BCUT2D eigenvalue weighted by Crippen LogP contribution is -2.52. The molecule has 3 aliphatic carbocycles. The van der Waals surface area contributed by atoms with E-state index in [1.165, 1.54) is 44.9 Å². The van der Waals surface area contributed by atoms with E-state index < -0.39 is 0 Å². The first kappa shape index (κ1) is 8.55. The maximum absolute atomic E-state index is 6.37. The third-order valence-corrected chi connectivity index (χ3v) is 3.75. The minimum atomic E-state index is 0.252. The third-order valence-electron chi connectivity index (χ3n) is 3.75. The predicted molar refractivity (Wildman–Crippen MR) is 51.9 cm³/mol. The van der Waals surface area contributed by atoms with Crippen molar-refractivity contribution in [3.8, 4) is 0 Å². The van der Waals surface area contributed by atoms with Crippen LogP contribution in [-0.4, -0.2) is 5.54 Å². The Morgan fingerprint density at radius 1 is 1.25 bits per heavy atom. The maximum Gasteiger partial charge on any atom is 0.0159 e. The normalized spacial score (nSPS) is 45.5. The summed E-state index contributed by atoms with van der Waals surface area (Å²) in [5, 5.41) is 0. The smallest absolute Gasteiger partial charge is 0.0159 e. The van der Waals surface area contributed by atoms with Gasteiger partial charge in [-0.15, -0.1) is 0 Å². The molecule has 0 aromatic carbocycles. The van der Waals surface area contributed by atoms with Gasteiger partial charge in [-0.2, -0.15) is 0 Å². The molecule has 0 aromatic heterocycles. The van der Waals surface area contributed by atoms with Gasteiger partial charge in [-0.3, -0.25) is 0 Å². The molecule has 12 heavy (non-hydrogen) atoms. The largest absolute Gasteiger partial charge is 0.325 e. The standard InChI is InChI=1S/C11H21N/c1-2-3-4-11(12)7-9-5-10(6-9)8-11/h9-10H,2-8,12H2,1H3. The summed E-state index contributed by atoms with van der Waals surface area (Å²) in [5.74, 6) is 2.01. The Morgan fingerprint density at radius 3 is 2.33 bits per heavy atom. The second-order valence-electron chi connectivity index (χ2n) is 5.08. The van der Waals surface area contributed by atoms with Gasteiger partial charge in [-0.05, 0) is 43.9 Å². The Labute approximate surface area is 75.7 Å². The number of hydrogen-bond donors (Lipinski definition) is 1. The lowest BCUT2D eigenvalue weighted by Gasteiger charge is -2.51. The molecule has 3 fully saturated rings. The second-order valence-corrected chi connectivity index (χ2v) is 5.08. The van der Waals surface area contributed by atoms with Crippen LogP contribution in [-0.2, 0) is 0 Å². The average Bonchev–Trinajstić information content (AvgIpc) is 1.99. The molecule has 1 nitrogen and oxygen atoms in total. The van der Waals surface area contributed by atoms with E-state index in [1.807, 2.05) is 0 Å². The molecule has 0 unspecified atom stereocenters. The number of rotatable bonds is 3. The molecular weight excluding hydrogens is 146 g/mol. The monoisotopic (exact) mass is 167 g/mol. The zero-order valence-electron chi connectivity index (χ0n) is 8.18. The van der Waals surface area contributed by atoms with Crippen molar-refractivity contribution in [2.45, 2.75) is 57.4 Å². The quantitative estimate of drug-likeness (QED) is 0.687. The highest BCUT2D eigenvalue weighted by atomic mass is 14.8. The van der Waals surface area contributed by atoms with E-state index in [2.05, 4.69) is 6.92 Å². The van der Waals surface area contributed by atoms with Gasteiger partial charge in [0.15, 0.2) is 0 Å². The van der Waals surface area contributed by atoms with Gasteiger partial charge in [-0.25, -0.2) is 0 Å². The van der Waals surface area contributed by atoms with Crippen LogP contribution in [0.25, 0.3) is 0 Å². The van der Waals surface area contributed by atoms with Crippen LogP contribution in [0.15, 0.2) is 0 Å². The van der Waals surface area contributed by atoms with Crippen molar-refractivity contribution >= 4 is 0 Å². The van der Waals surface area contributed by atoms with Crippen molar-refractivity contribution in [2.75, 3.05) is 0 Å². The summed E-state index contributed by atoms with van der Waals surface area (Å²) in [4.78, 5) is 0. The lowest BCUT2D eigenvalue weighted by atomic mass is 9.58. The first-order valence-corrected chi connectivity index (χ1v) is 5.51. The van der Waals surface area contributed by atoms with Crippen molar-refractivity contribution in [3.05, 3.63) is 0 Å². The molecule has 0 atom stereocenters. The number of fused-ring (bicyclic) bond motifs is 2. The van der Waals surface area contributed by atoms with Gasteiger partial charge in [0.1, 0.15) is 0 Å². The molecule has 0 heterocycles. The highest BCUT2D eigenvalue weighted by Gasteiger charge is 2.44. The number of nitrogens with two attached hydrogens (primary N) is 1. The van der Waals surface area contributed by atoms with Gasteiger partial charge in [0.2, 0.25) is 0 Å². The molecule has 0 spiro atoms. The summed E-state index contributed by atoms with van der Waals surface area (Å²) in [5.41, 5.74) is 6.62. The fourth-order valence-corrected chi connectivity index (χ4v) is 3.17. The van der Waals surface area contributed by atoms with E-state index in [0.717, 1.165) is 11.8 Å². The van der Waals surface area contributed by atoms with Gasteiger partial charge >= 0.3 is 0 Å². The summed E-state index contributed by atoms with van der Waals surface area (Å²) in [6.07, 6.45) is 9.53. The van der Waals surface area contributed by atoms with E-state index in [0.29, 0.717) is 0 Å². The molecule has 0 radical (unpaired) electrons. The Bertz CT molecular complexity index is 148. The molecule has 0 saturated heterocycles. The second kappa shape index (κ2) is 3.02. The highest BCUT2D eigenvalue weighted by molar-refractivity contribution is 5.00. The van der Waals surface area contributed by atoms with E-state index in [1.54, 1.807) is 0 Å². The zero-order valence-corrected chi connectivity index (χ0v) is 8.18. The van der Waals surface area contributed by atoms with Crippen LogP contribution in [0.4, 0.5) is 0 Å². The summed E-state index contributed by atoms with van der Waals surface area (Å²) in [6, 6.07) is 0. The van der Waals surface area contributed by atoms with Crippen LogP contribution in [0, 0.1) is 11.8 Å². The molecule has 3 aliphatic rings. The summed E-state index contributed by atoms with van der Waals surface area (Å²) in [7, 11) is 0. The first-order valence-electron chi connectivity index (χ1n) is 5.51. The Balaban J connectivity index is 1.85. The Kier molecular flexibility index (Phi) is 2.16. The SMILES string of the molecule is CCCCC1(N)CC2CC(C2)C1. The van der Waals surface area contributed by atoms with Crippen molar-refractivity contribution in [1.82, 2.24) is 0 Å². The van der Waals surface area contributed by atoms with Crippen LogP contribution in [0.3, 0.4) is 0 Å². The van der Waals surface area contributed by atoms with Crippen molar-refractivity contribution < 1.29 is 0 Å². The van der Waals surface area contributed by atoms with E-state index in [9.17, 15) is 0 Å². The Morgan fingerprint density at radius 2 is 1.83 bits per heavy atom. The van der Waals surface area contributed by atoms with Gasteiger partial charge in [-0.1, -0.05) is 19.8 Å². The van der Waals surface area contributed by atoms with Gasteiger partial charge in [0.05, 0.1) is 0 Å². The molecule has 3 rings (SSSR count). The summed E-state index contributed by atoms with van der Waals surface area (Å²) < 4.78 is 0. The minimum Gasteiger partial charge on any atom is -0.325 e. The van der Waals surface area contributed by atoms with Crippen LogP contribution in [0.1, 0.15) is 51.9 Å². The van der Waals surface area contributed by atoms with E-state index in [-0.39, 0.29) is 5.54 Å². The van der Waals surface area contributed by atoms with Crippen LogP contribution in [0.2, 0.25) is 0 Å². The minimum absolute atomic E-state index is 0.252. The van der Waals surface area contributed by atoms with Gasteiger partial charge in [0, 0.05) is 5.54 Å². The molecule has 0 aliphatic heterocycles. The van der Waals surface area contributed by atoms with Crippen LogP contribution < -0.4 is 5.73 Å². The average molecular weight is 167 g/mol. The Hall–Kier alpha value is -0.0400. The summed E-state index contributed by atoms with van der Waals surface area (Å²) >= 11 is 0. The molecular formula is C11H21N. The predicted octanol–water partition coefficient (Wildman–Crippen LogP) is 2.69. The topological polar surface area (TPSA) is 26.0 Å². The molecule has 1 heteroatoms. The van der Waals surface area contributed by atoms with E-state index in [4.69, 9.17) is 5.73 Å². The fraction of sp³-hybridized carbons (Fsp3) is 1.00. The van der Waals surface area contributed by atoms with Crippen LogP contribution >= 0.6 is 0 Å². The lowest BCUT2D eigenvalue weighted by molar-refractivity contribution is 0.0430. The third kappa shape index (κ3) is 1.52. The molecule has 70 valence electrons. The summed E-state index contributed by atoms with van der Waals surface area (Å²) in [6.45, 7) is 2.26. The fourth-order valence-electron chi connectivity index (χ4n) is 3.17. The van der Waals surface area contributed by atoms with Crippen molar-refractivity contribution in [1.29, 1.82) is 0 Å². The molecule has 3 saturated carbocycles. The van der Waals surface area contributed by atoms with Crippen LogP contribution in [0.5, 0.6) is 0 Å². The maximum atomic E-state index is 6.37. The number of unbranched alkanes of at least 4 members (excludes halogenated alkanes) is 1. The van der Waals surface area contributed by atoms with Crippen molar-refractivity contribution in [2.24, 2.45) is 17.6 Å².